The molecule has 0 spiro atoms. The molecule has 0 bridgehead atoms. The monoisotopic (exact) mass is 419 g/mol. The number of carbonyl (C=O) groups is 1. The van der Waals surface area contributed by atoms with Crippen LogP contribution in [0.3, 0.4) is 0 Å². The molecule has 0 saturated carbocycles. The van der Waals surface area contributed by atoms with Crippen LogP contribution in [0.15, 0.2) is 42.5 Å². The van der Waals surface area contributed by atoms with Gasteiger partial charge in [-0.3, -0.25) is 4.79 Å². The van der Waals surface area contributed by atoms with Crippen LogP contribution in [0.2, 0.25) is 0 Å². The maximum absolute atomic E-state index is 13.3. The average Bonchev–Trinajstić information content (AvgIpc) is 3.07. The van der Waals surface area contributed by atoms with Crippen molar-refractivity contribution in [3.63, 3.8) is 0 Å². The van der Waals surface area contributed by atoms with Gasteiger partial charge in [-0.25, -0.2) is 0 Å². The van der Waals surface area contributed by atoms with Gasteiger partial charge in [-0.2, -0.15) is 13.2 Å². The lowest BCUT2D eigenvalue weighted by Gasteiger charge is -2.31. The first kappa shape index (κ1) is 20.5. The van der Waals surface area contributed by atoms with Crippen molar-refractivity contribution < 1.29 is 22.7 Å². The summed E-state index contributed by atoms with van der Waals surface area (Å²) in [5.41, 5.74) is 2.18. The zero-order valence-corrected chi connectivity index (χ0v) is 16.7. The molecular weight excluding hydrogens is 395 g/mol. The van der Waals surface area contributed by atoms with E-state index in [4.69, 9.17) is 4.74 Å². The van der Waals surface area contributed by atoms with Gasteiger partial charge in [0.2, 0.25) is 5.91 Å². The van der Waals surface area contributed by atoms with E-state index in [-0.39, 0.29) is 18.5 Å². The van der Waals surface area contributed by atoms with E-state index in [0.29, 0.717) is 37.7 Å². The minimum atomic E-state index is -4.45. The van der Waals surface area contributed by atoms with Gasteiger partial charge in [0.15, 0.2) is 0 Å². The van der Waals surface area contributed by atoms with Gasteiger partial charge in [0, 0.05) is 24.8 Å². The van der Waals surface area contributed by atoms with Gasteiger partial charge in [-0.15, -0.1) is 0 Å². The fraction of sp³-hybridized carbons (Fsp3) is 0.409. The Morgan fingerprint density at radius 1 is 1.13 bits per heavy atom. The van der Waals surface area contributed by atoms with E-state index >= 15 is 0 Å². The Kier molecular flexibility index (Phi) is 5.60. The van der Waals surface area contributed by atoms with Crippen LogP contribution in [-0.4, -0.2) is 44.8 Å². The van der Waals surface area contributed by atoms with Crippen molar-refractivity contribution in [3.8, 4) is 0 Å². The number of rotatable bonds is 4. The highest BCUT2D eigenvalue weighted by Crippen LogP contribution is 2.36. The molecule has 1 saturated heterocycles. The molecule has 8 heteroatoms. The quantitative estimate of drug-likeness (QED) is 0.816. The first-order valence-electron chi connectivity index (χ1n) is 10.0. The molecular formula is C22H24F3N3O2. The largest absolute Gasteiger partial charge is 0.416 e. The van der Waals surface area contributed by atoms with E-state index in [1.807, 2.05) is 36.1 Å². The van der Waals surface area contributed by atoms with Crippen LogP contribution in [0.25, 0.3) is 0 Å². The molecule has 30 heavy (non-hydrogen) atoms. The lowest BCUT2D eigenvalue weighted by Crippen LogP contribution is -2.40. The van der Waals surface area contributed by atoms with E-state index in [1.165, 1.54) is 6.07 Å². The summed E-state index contributed by atoms with van der Waals surface area (Å²) in [5.74, 6) is -0.169. The molecule has 0 aliphatic carbocycles. The molecule has 2 aromatic rings. The molecule has 1 fully saturated rings. The average molecular weight is 419 g/mol. The predicted molar refractivity (Wildman–Crippen MR) is 110 cm³/mol. The summed E-state index contributed by atoms with van der Waals surface area (Å²) < 4.78 is 45.1. The number of alkyl halides is 3. The number of fused-ring (bicyclic) bond motifs is 1. The smallest absolute Gasteiger partial charge is 0.378 e. The van der Waals surface area contributed by atoms with E-state index in [9.17, 15) is 18.0 Å². The van der Waals surface area contributed by atoms with Gasteiger partial charge in [0.1, 0.15) is 0 Å². The maximum atomic E-state index is 13.3. The first-order chi connectivity index (χ1) is 14.3. The number of amides is 1. The van der Waals surface area contributed by atoms with Gasteiger partial charge in [0.05, 0.1) is 36.7 Å². The lowest BCUT2D eigenvalue weighted by molar-refractivity contribution is -0.137. The number of halogens is 3. The molecule has 1 N–H and O–H groups in total. The first-order valence-corrected chi connectivity index (χ1v) is 10.0. The fourth-order valence-corrected chi connectivity index (χ4v) is 4.14. The summed E-state index contributed by atoms with van der Waals surface area (Å²) in [6.45, 7) is 4.09. The Hall–Kier alpha value is -2.74. The molecule has 160 valence electrons. The second-order valence-electron chi connectivity index (χ2n) is 7.63. The van der Waals surface area contributed by atoms with Gasteiger partial charge >= 0.3 is 6.18 Å². The standard InChI is InChI=1S/C22H24F3N3O2/c1-15-12-16-4-2-3-5-19(16)28(15)21(29)14-26-18-13-17(22(23,24)25)6-7-20(18)27-8-10-30-11-9-27/h2-7,13,15,26H,8-12,14H2,1H3/t15-/m1/s1. The van der Waals surface area contributed by atoms with Crippen molar-refractivity contribution >= 4 is 23.0 Å². The van der Waals surface area contributed by atoms with E-state index in [0.717, 1.165) is 29.8 Å². The number of anilines is 3. The molecule has 0 aromatic heterocycles. The number of benzene rings is 2. The third kappa shape index (κ3) is 4.09. The van der Waals surface area contributed by atoms with Crippen molar-refractivity contribution in [2.75, 3.05) is 48.0 Å². The number of nitrogens with zero attached hydrogens (tertiary/aromatic N) is 2. The van der Waals surface area contributed by atoms with E-state index in [2.05, 4.69) is 5.32 Å². The van der Waals surface area contributed by atoms with Crippen molar-refractivity contribution in [2.45, 2.75) is 25.6 Å². The highest BCUT2D eigenvalue weighted by atomic mass is 19.4. The zero-order chi connectivity index (χ0) is 21.3. The van der Waals surface area contributed by atoms with Crippen LogP contribution < -0.4 is 15.1 Å². The van der Waals surface area contributed by atoms with Crippen LogP contribution >= 0.6 is 0 Å². The van der Waals surface area contributed by atoms with E-state index < -0.39 is 11.7 Å². The molecule has 2 aromatic carbocycles. The second kappa shape index (κ2) is 8.18. The van der Waals surface area contributed by atoms with Gasteiger partial charge in [-0.1, -0.05) is 18.2 Å². The number of ether oxygens (including phenoxy) is 1. The molecule has 0 radical (unpaired) electrons. The summed E-state index contributed by atoms with van der Waals surface area (Å²) in [7, 11) is 0. The number of morpholine rings is 1. The molecule has 2 heterocycles. The van der Waals surface area contributed by atoms with Gasteiger partial charge in [-0.05, 0) is 43.2 Å². The van der Waals surface area contributed by atoms with Crippen LogP contribution in [0.5, 0.6) is 0 Å². The summed E-state index contributed by atoms with van der Waals surface area (Å²) in [6, 6.07) is 11.4. The highest BCUT2D eigenvalue weighted by molar-refractivity contribution is 5.99. The molecule has 0 unspecified atom stereocenters. The van der Waals surface area contributed by atoms with Gasteiger partial charge in [0.25, 0.3) is 0 Å². The van der Waals surface area contributed by atoms with Crippen molar-refractivity contribution in [3.05, 3.63) is 53.6 Å². The Bertz CT molecular complexity index is 926. The predicted octanol–water partition coefficient (Wildman–Crippen LogP) is 3.93. The zero-order valence-electron chi connectivity index (χ0n) is 16.7. The molecule has 1 amide bonds. The number of hydrogen-bond donors (Lipinski definition) is 1. The third-order valence-corrected chi connectivity index (χ3v) is 5.58. The number of para-hydroxylation sites is 1. The summed E-state index contributed by atoms with van der Waals surface area (Å²) in [4.78, 5) is 16.7. The van der Waals surface area contributed by atoms with Crippen molar-refractivity contribution in [1.29, 1.82) is 0 Å². The highest BCUT2D eigenvalue weighted by Gasteiger charge is 2.33. The van der Waals surface area contributed by atoms with Crippen molar-refractivity contribution in [2.24, 2.45) is 0 Å². The SMILES string of the molecule is C[C@@H]1Cc2ccccc2N1C(=O)CNc1cc(C(F)(F)F)ccc1N1CCOCC1. The number of nitrogens with one attached hydrogen (secondary N) is 1. The summed E-state index contributed by atoms with van der Waals surface area (Å²) in [5, 5.41) is 2.98. The molecule has 2 aliphatic rings. The summed E-state index contributed by atoms with van der Waals surface area (Å²) in [6.07, 6.45) is -3.68. The normalized spacial score (nSPS) is 19.0. The lowest BCUT2D eigenvalue weighted by atomic mass is 10.1. The Morgan fingerprint density at radius 2 is 1.87 bits per heavy atom. The molecule has 1 atom stereocenters. The minimum absolute atomic E-state index is 0.0110. The Balaban J connectivity index is 1.56. The maximum Gasteiger partial charge on any atom is 0.416 e. The van der Waals surface area contributed by atoms with Crippen LogP contribution in [0.1, 0.15) is 18.1 Å². The molecule has 4 rings (SSSR count). The topological polar surface area (TPSA) is 44.8 Å². The fourth-order valence-electron chi connectivity index (χ4n) is 4.14. The Labute approximate surface area is 173 Å². The number of hydrogen-bond acceptors (Lipinski definition) is 4. The van der Waals surface area contributed by atoms with Crippen LogP contribution in [0.4, 0.5) is 30.2 Å². The second-order valence-corrected chi connectivity index (χ2v) is 7.63. The van der Waals surface area contributed by atoms with Crippen molar-refractivity contribution in [1.82, 2.24) is 0 Å². The van der Waals surface area contributed by atoms with Gasteiger partial charge < -0.3 is 19.9 Å². The molecule has 2 aliphatic heterocycles. The van der Waals surface area contributed by atoms with Crippen LogP contribution in [-0.2, 0) is 22.1 Å². The third-order valence-electron chi connectivity index (χ3n) is 5.58. The minimum Gasteiger partial charge on any atom is -0.378 e. The van der Waals surface area contributed by atoms with E-state index in [1.54, 1.807) is 4.90 Å². The molecule has 5 nitrogen and oxygen atoms in total. The Morgan fingerprint density at radius 3 is 2.60 bits per heavy atom. The number of carbonyl (C=O) groups excluding carboxylic acids is 1. The summed E-state index contributed by atoms with van der Waals surface area (Å²) >= 11 is 0. The van der Waals surface area contributed by atoms with Crippen LogP contribution in [0, 0.1) is 0 Å².